The normalized spacial score (nSPS) is 14.5. The molecule has 0 aromatic rings. The molecule has 0 aliphatic rings. The molecule has 2 N–H and O–H groups in total. The first-order valence-electron chi connectivity index (χ1n) is 5.10. The van der Waals surface area contributed by atoms with Gasteiger partial charge in [-0.15, -0.1) is 6.58 Å². The lowest BCUT2D eigenvalue weighted by Crippen LogP contribution is -2.22. The number of rotatable bonds is 4. The molecule has 0 fully saturated rings. The molecule has 0 atom stereocenters. The minimum atomic E-state index is -0.0102. The fourth-order valence-electron chi connectivity index (χ4n) is 1.72. The van der Waals surface area contributed by atoms with E-state index in [0.29, 0.717) is 6.42 Å². The standard InChI is InChI=1S/C13H22N2/c1-7-9-11(15-8-2)12(10(3)14)13(4,5)6/h7-8H,1-2,9,14H2,3-6H3/b12-10+,15-11?. The Morgan fingerprint density at radius 1 is 1.33 bits per heavy atom. The van der Waals surface area contributed by atoms with Gasteiger partial charge in [0.1, 0.15) is 0 Å². The summed E-state index contributed by atoms with van der Waals surface area (Å²) < 4.78 is 0. The molecule has 0 aliphatic heterocycles. The largest absolute Gasteiger partial charge is 0.402 e. The van der Waals surface area contributed by atoms with Gasteiger partial charge >= 0.3 is 0 Å². The van der Waals surface area contributed by atoms with Crippen molar-refractivity contribution in [3.63, 3.8) is 0 Å². The van der Waals surface area contributed by atoms with E-state index >= 15 is 0 Å². The van der Waals surface area contributed by atoms with Gasteiger partial charge in [-0.2, -0.15) is 0 Å². The maximum absolute atomic E-state index is 5.91. The van der Waals surface area contributed by atoms with Crippen molar-refractivity contribution in [2.75, 3.05) is 0 Å². The van der Waals surface area contributed by atoms with E-state index in [1.807, 2.05) is 13.0 Å². The zero-order valence-electron chi connectivity index (χ0n) is 10.3. The molecular weight excluding hydrogens is 184 g/mol. The fourth-order valence-corrected chi connectivity index (χ4v) is 1.72. The topological polar surface area (TPSA) is 38.4 Å². The predicted octanol–water partition coefficient (Wildman–Crippen LogP) is 3.43. The molecule has 0 rings (SSSR count). The molecule has 0 saturated carbocycles. The first-order chi connectivity index (χ1) is 6.84. The Morgan fingerprint density at radius 3 is 2.13 bits per heavy atom. The molecule has 2 nitrogen and oxygen atoms in total. The molecule has 0 aromatic carbocycles. The number of hydrogen-bond acceptors (Lipinski definition) is 2. The Balaban J connectivity index is 5.43. The van der Waals surface area contributed by atoms with Gasteiger partial charge in [-0.3, -0.25) is 4.99 Å². The maximum Gasteiger partial charge on any atom is 0.0495 e. The van der Waals surface area contributed by atoms with Gasteiger partial charge < -0.3 is 5.73 Å². The highest BCUT2D eigenvalue weighted by atomic mass is 14.7. The quantitative estimate of drug-likeness (QED) is 0.555. The van der Waals surface area contributed by atoms with Crippen LogP contribution in [0.2, 0.25) is 0 Å². The van der Waals surface area contributed by atoms with Crippen LogP contribution < -0.4 is 5.73 Å². The van der Waals surface area contributed by atoms with E-state index < -0.39 is 0 Å². The lowest BCUT2D eigenvalue weighted by Gasteiger charge is -2.25. The second kappa shape index (κ2) is 5.54. The van der Waals surface area contributed by atoms with Gasteiger partial charge in [0.05, 0.1) is 0 Å². The van der Waals surface area contributed by atoms with Gasteiger partial charge in [-0.1, -0.05) is 33.4 Å². The zero-order chi connectivity index (χ0) is 12.1. The van der Waals surface area contributed by atoms with Crippen LogP contribution in [0.3, 0.4) is 0 Å². The molecule has 0 saturated heterocycles. The van der Waals surface area contributed by atoms with Gasteiger partial charge in [0.25, 0.3) is 0 Å². The molecule has 0 aromatic heterocycles. The van der Waals surface area contributed by atoms with Crippen LogP contribution in [-0.4, -0.2) is 5.71 Å². The van der Waals surface area contributed by atoms with E-state index in [4.69, 9.17) is 5.73 Å². The highest BCUT2D eigenvalue weighted by Gasteiger charge is 2.22. The van der Waals surface area contributed by atoms with Gasteiger partial charge in [0, 0.05) is 24.0 Å². The fraction of sp³-hybridized carbons (Fsp3) is 0.462. The van der Waals surface area contributed by atoms with Crippen molar-refractivity contribution in [1.82, 2.24) is 0 Å². The second-order valence-electron chi connectivity index (χ2n) is 4.56. The third kappa shape index (κ3) is 4.15. The van der Waals surface area contributed by atoms with Crippen LogP contribution in [0.5, 0.6) is 0 Å². The molecular formula is C13H22N2. The van der Waals surface area contributed by atoms with E-state index in [0.717, 1.165) is 17.0 Å². The third-order valence-corrected chi connectivity index (χ3v) is 2.02. The molecule has 15 heavy (non-hydrogen) atoms. The summed E-state index contributed by atoms with van der Waals surface area (Å²) in [6, 6.07) is 0. The van der Waals surface area contributed by atoms with E-state index in [2.05, 4.69) is 38.9 Å². The number of hydrogen-bond donors (Lipinski definition) is 1. The summed E-state index contributed by atoms with van der Waals surface area (Å²) in [5, 5.41) is 0. The van der Waals surface area contributed by atoms with Crippen LogP contribution >= 0.6 is 0 Å². The Labute approximate surface area is 93.3 Å². The van der Waals surface area contributed by atoms with Crippen molar-refractivity contribution in [3.8, 4) is 0 Å². The third-order valence-electron chi connectivity index (χ3n) is 2.02. The summed E-state index contributed by atoms with van der Waals surface area (Å²) in [4.78, 5) is 4.27. The molecule has 0 spiro atoms. The van der Waals surface area contributed by atoms with Crippen molar-refractivity contribution in [2.24, 2.45) is 16.1 Å². The van der Waals surface area contributed by atoms with E-state index in [-0.39, 0.29) is 5.41 Å². The van der Waals surface area contributed by atoms with Gasteiger partial charge in [-0.25, -0.2) is 0 Å². The molecule has 0 aliphatic carbocycles. The molecule has 84 valence electrons. The van der Waals surface area contributed by atoms with E-state index in [1.165, 1.54) is 0 Å². The molecule has 0 bridgehead atoms. The average Bonchev–Trinajstić information content (AvgIpc) is 2.01. The highest BCUT2D eigenvalue weighted by Crippen LogP contribution is 2.29. The van der Waals surface area contributed by atoms with Crippen molar-refractivity contribution in [2.45, 2.75) is 34.1 Å². The van der Waals surface area contributed by atoms with Gasteiger partial charge in [-0.05, 0) is 17.9 Å². The lowest BCUT2D eigenvalue weighted by molar-refractivity contribution is 0.517. The van der Waals surface area contributed by atoms with Crippen LogP contribution in [0.15, 0.2) is 41.7 Å². The number of aliphatic imine (C=N–C) groups is 1. The van der Waals surface area contributed by atoms with Crippen molar-refractivity contribution >= 4 is 5.71 Å². The lowest BCUT2D eigenvalue weighted by atomic mass is 9.81. The SMILES string of the molecule is C=CCC(=NC=C)/C(=C(/C)N)C(C)(C)C. The Morgan fingerprint density at radius 2 is 1.87 bits per heavy atom. The second-order valence-corrected chi connectivity index (χ2v) is 4.56. The molecule has 0 amide bonds. The number of nitrogens with zero attached hydrogens (tertiary/aromatic N) is 1. The van der Waals surface area contributed by atoms with Crippen LogP contribution in [0, 0.1) is 5.41 Å². The Hall–Kier alpha value is -1.31. The van der Waals surface area contributed by atoms with Crippen LogP contribution in [0.4, 0.5) is 0 Å². The number of nitrogens with two attached hydrogens (primary N) is 1. The van der Waals surface area contributed by atoms with Crippen LogP contribution in [0.25, 0.3) is 0 Å². The average molecular weight is 206 g/mol. The highest BCUT2D eigenvalue weighted by molar-refractivity contribution is 6.02. The molecule has 0 unspecified atom stereocenters. The summed E-state index contributed by atoms with van der Waals surface area (Å²) in [5.41, 5.74) is 8.75. The monoisotopic (exact) mass is 206 g/mol. The van der Waals surface area contributed by atoms with Crippen molar-refractivity contribution < 1.29 is 0 Å². The summed E-state index contributed by atoms with van der Waals surface area (Å²) in [5.74, 6) is 0. The predicted molar refractivity (Wildman–Crippen MR) is 68.8 cm³/mol. The molecule has 0 radical (unpaired) electrons. The first-order valence-corrected chi connectivity index (χ1v) is 5.10. The van der Waals surface area contributed by atoms with E-state index in [1.54, 1.807) is 6.20 Å². The van der Waals surface area contributed by atoms with E-state index in [9.17, 15) is 0 Å². The summed E-state index contributed by atoms with van der Waals surface area (Å²) in [6.45, 7) is 15.6. The van der Waals surface area contributed by atoms with Crippen LogP contribution in [-0.2, 0) is 0 Å². The summed E-state index contributed by atoms with van der Waals surface area (Å²) >= 11 is 0. The molecule has 0 heterocycles. The summed E-state index contributed by atoms with van der Waals surface area (Å²) in [7, 11) is 0. The van der Waals surface area contributed by atoms with Gasteiger partial charge in [0.15, 0.2) is 0 Å². The molecule has 2 heteroatoms. The smallest absolute Gasteiger partial charge is 0.0495 e. The minimum absolute atomic E-state index is 0.0102. The Bertz CT molecular complexity index is 297. The maximum atomic E-state index is 5.91. The van der Waals surface area contributed by atoms with Gasteiger partial charge in [0.2, 0.25) is 0 Å². The van der Waals surface area contributed by atoms with Crippen molar-refractivity contribution in [3.05, 3.63) is 36.7 Å². The first kappa shape index (κ1) is 13.7. The van der Waals surface area contributed by atoms with Crippen LogP contribution in [0.1, 0.15) is 34.1 Å². The Kier molecular flexibility index (Phi) is 5.06. The minimum Gasteiger partial charge on any atom is -0.402 e. The zero-order valence-corrected chi connectivity index (χ0v) is 10.3. The number of allylic oxidation sites excluding steroid dienone is 3. The van der Waals surface area contributed by atoms with Crippen molar-refractivity contribution in [1.29, 1.82) is 0 Å². The summed E-state index contributed by atoms with van der Waals surface area (Å²) in [6.07, 6.45) is 4.09.